The van der Waals surface area contributed by atoms with Gasteiger partial charge in [-0.1, -0.05) is 38.1 Å². The van der Waals surface area contributed by atoms with E-state index >= 15 is 0 Å². The second-order valence-corrected chi connectivity index (χ2v) is 9.83. The van der Waals surface area contributed by atoms with Gasteiger partial charge in [0.1, 0.15) is 5.75 Å². The maximum atomic E-state index is 12.4. The summed E-state index contributed by atoms with van der Waals surface area (Å²) < 4.78 is 33.9. The fraction of sp³-hybridized carbons (Fsp3) is 0.240. The molecule has 9 heteroatoms. The molecule has 2 aromatic carbocycles. The quantitative estimate of drug-likeness (QED) is 0.363. The number of nitrogens with one attached hydrogen (secondary N) is 1. The van der Waals surface area contributed by atoms with E-state index < -0.39 is 10.0 Å². The fourth-order valence-electron chi connectivity index (χ4n) is 3.73. The van der Waals surface area contributed by atoms with E-state index in [0.29, 0.717) is 35.0 Å². The molecule has 0 bridgehead atoms. The van der Waals surface area contributed by atoms with E-state index in [1.165, 1.54) is 0 Å². The van der Waals surface area contributed by atoms with Gasteiger partial charge in [-0.3, -0.25) is 4.72 Å². The minimum absolute atomic E-state index is 0.0533. The largest absolute Gasteiger partial charge is 0.437 e. The molecule has 0 fully saturated rings. The van der Waals surface area contributed by atoms with Crippen LogP contribution in [0.4, 0.5) is 11.6 Å². The minimum atomic E-state index is -3.44. The van der Waals surface area contributed by atoms with Crippen LogP contribution in [0, 0.1) is 6.92 Å². The van der Waals surface area contributed by atoms with E-state index in [1.54, 1.807) is 30.6 Å². The Kier molecular flexibility index (Phi) is 6.65. The molecule has 0 radical (unpaired) electrons. The first-order valence-electron chi connectivity index (χ1n) is 11.1. The Morgan fingerprint density at radius 2 is 1.88 bits per heavy atom. The number of benzene rings is 2. The highest BCUT2D eigenvalue weighted by molar-refractivity contribution is 7.92. The van der Waals surface area contributed by atoms with Crippen LogP contribution in [0.5, 0.6) is 11.6 Å². The highest BCUT2D eigenvalue weighted by Crippen LogP contribution is 2.39. The monoisotopic (exact) mass is 477 g/mol. The number of fused-ring (bicyclic) bond motifs is 1. The second kappa shape index (κ2) is 9.64. The lowest BCUT2D eigenvalue weighted by atomic mass is 10.0. The number of ether oxygens (including phenoxy) is 1. The molecule has 0 saturated carbocycles. The van der Waals surface area contributed by atoms with E-state index in [-0.39, 0.29) is 11.7 Å². The molecule has 3 N–H and O–H groups in total. The minimum Gasteiger partial charge on any atom is -0.437 e. The first-order chi connectivity index (χ1) is 16.3. The first-order valence-corrected chi connectivity index (χ1v) is 12.7. The van der Waals surface area contributed by atoms with Gasteiger partial charge in [-0.2, -0.15) is 0 Å². The van der Waals surface area contributed by atoms with Crippen molar-refractivity contribution in [3.8, 4) is 22.9 Å². The number of sulfonamides is 1. The van der Waals surface area contributed by atoms with Gasteiger partial charge in [0.2, 0.25) is 21.9 Å². The van der Waals surface area contributed by atoms with Gasteiger partial charge in [-0.05, 0) is 49.1 Å². The summed E-state index contributed by atoms with van der Waals surface area (Å²) in [6.07, 6.45) is 4.70. The number of aromatic nitrogens is 3. The van der Waals surface area contributed by atoms with E-state index in [1.807, 2.05) is 45.0 Å². The van der Waals surface area contributed by atoms with E-state index in [0.717, 1.165) is 28.3 Å². The third-order valence-corrected chi connectivity index (χ3v) is 6.89. The molecule has 34 heavy (non-hydrogen) atoms. The molecular weight excluding hydrogens is 450 g/mol. The van der Waals surface area contributed by atoms with Gasteiger partial charge in [0.15, 0.2) is 0 Å². The van der Waals surface area contributed by atoms with Crippen LogP contribution < -0.4 is 15.2 Å². The fourth-order valence-corrected chi connectivity index (χ4v) is 4.88. The number of pyridine rings is 1. The lowest BCUT2D eigenvalue weighted by Crippen LogP contribution is -2.16. The lowest BCUT2D eigenvalue weighted by Gasteiger charge is -2.16. The number of nitrogens with two attached hydrogens (primary N) is 1. The molecule has 0 aliphatic carbocycles. The zero-order valence-electron chi connectivity index (χ0n) is 19.4. The highest BCUT2D eigenvalue weighted by atomic mass is 32.2. The van der Waals surface area contributed by atoms with Crippen molar-refractivity contribution < 1.29 is 13.2 Å². The average Bonchev–Trinajstić information content (AvgIpc) is 2.81. The number of hydrogen-bond donors (Lipinski definition) is 2. The van der Waals surface area contributed by atoms with Gasteiger partial charge in [0, 0.05) is 23.2 Å². The predicted octanol–water partition coefficient (Wildman–Crippen LogP) is 5.09. The van der Waals surface area contributed by atoms with Gasteiger partial charge in [0.25, 0.3) is 0 Å². The Morgan fingerprint density at radius 3 is 2.62 bits per heavy atom. The molecule has 0 amide bonds. The van der Waals surface area contributed by atoms with Crippen LogP contribution in [-0.2, 0) is 16.4 Å². The van der Waals surface area contributed by atoms with Crippen molar-refractivity contribution in [1.82, 2.24) is 15.0 Å². The Morgan fingerprint density at radius 1 is 1.06 bits per heavy atom. The molecular formula is C25H27N5O3S. The molecule has 176 valence electrons. The third kappa shape index (κ3) is 4.94. The molecule has 0 atom stereocenters. The molecule has 8 nitrogen and oxygen atoms in total. The summed E-state index contributed by atoms with van der Waals surface area (Å²) >= 11 is 0. The normalized spacial score (nSPS) is 11.5. The molecule has 2 heterocycles. The van der Waals surface area contributed by atoms with Crippen molar-refractivity contribution in [1.29, 1.82) is 0 Å². The third-order valence-electron chi connectivity index (χ3n) is 5.41. The summed E-state index contributed by atoms with van der Waals surface area (Å²) in [6, 6.07) is 13.0. The maximum absolute atomic E-state index is 12.4. The van der Waals surface area contributed by atoms with Crippen LogP contribution in [0.1, 0.15) is 31.4 Å². The van der Waals surface area contributed by atoms with Gasteiger partial charge in [-0.25, -0.2) is 23.4 Å². The summed E-state index contributed by atoms with van der Waals surface area (Å²) in [6.45, 7) is 5.81. The van der Waals surface area contributed by atoms with Crippen molar-refractivity contribution >= 4 is 32.4 Å². The number of anilines is 2. The summed E-state index contributed by atoms with van der Waals surface area (Å²) in [4.78, 5) is 12.9. The Labute approximate surface area is 199 Å². The van der Waals surface area contributed by atoms with Crippen LogP contribution in [0.25, 0.3) is 22.0 Å². The summed E-state index contributed by atoms with van der Waals surface area (Å²) in [5.41, 5.74) is 9.55. The second-order valence-electron chi connectivity index (χ2n) is 7.99. The van der Waals surface area contributed by atoms with Crippen LogP contribution in [0.15, 0.2) is 54.9 Å². The van der Waals surface area contributed by atoms with Crippen LogP contribution in [-0.4, -0.2) is 29.1 Å². The SMILES string of the molecule is CCCS(=O)(=O)Nc1cccc2c(Oc3ncc(CC)cc3-c3ccnc(N)n3)c(C)ccc12. The van der Waals surface area contributed by atoms with Crippen molar-refractivity contribution in [3.63, 3.8) is 0 Å². The Bertz CT molecular complexity index is 1450. The van der Waals surface area contributed by atoms with E-state index in [9.17, 15) is 8.42 Å². The number of nitrogens with zero attached hydrogens (tertiary/aromatic N) is 3. The van der Waals surface area contributed by atoms with Crippen molar-refractivity contribution in [2.45, 2.75) is 33.6 Å². The van der Waals surface area contributed by atoms with Crippen molar-refractivity contribution in [2.24, 2.45) is 0 Å². The zero-order chi connectivity index (χ0) is 24.3. The smallest absolute Gasteiger partial charge is 0.232 e. The zero-order valence-corrected chi connectivity index (χ0v) is 20.2. The molecule has 0 spiro atoms. The average molecular weight is 478 g/mol. The van der Waals surface area contributed by atoms with Crippen LogP contribution >= 0.6 is 0 Å². The first kappa shape index (κ1) is 23.4. The molecule has 0 unspecified atom stereocenters. The number of nitrogen functional groups attached to an aromatic ring is 1. The number of hydrogen-bond acceptors (Lipinski definition) is 7. The standard InChI is InChI=1S/C25H27N5O3S/c1-4-13-34(31,32)30-22-8-6-7-19-18(22)10-9-16(3)23(19)33-24-20(14-17(5-2)15-28-24)21-11-12-27-25(26)29-21/h6-12,14-15,30H,4-5,13H2,1-3H3,(H2,26,27,29). The van der Waals surface area contributed by atoms with Gasteiger partial charge in [0.05, 0.1) is 22.7 Å². The van der Waals surface area contributed by atoms with Crippen LogP contribution in [0.2, 0.25) is 0 Å². The highest BCUT2D eigenvalue weighted by Gasteiger charge is 2.17. The van der Waals surface area contributed by atoms with Crippen molar-refractivity contribution in [3.05, 3.63) is 66.0 Å². The summed E-state index contributed by atoms with van der Waals surface area (Å²) in [5.74, 6) is 1.19. The molecule has 4 rings (SSSR count). The lowest BCUT2D eigenvalue weighted by molar-refractivity contribution is 0.466. The summed E-state index contributed by atoms with van der Waals surface area (Å²) in [5, 5.41) is 1.51. The van der Waals surface area contributed by atoms with Gasteiger partial charge in [-0.15, -0.1) is 0 Å². The predicted molar refractivity (Wildman–Crippen MR) is 136 cm³/mol. The van der Waals surface area contributed by atoms with Crippen LogP contribution in [0.3, 0.4) is 0 Å². The van der Waals surface area contributed by atoms with Crippen molar-refractivity contribution in [2.75, 3.05) is 16.2 Å². The molecule has 0 aliphatic rings. The topological polar surface area (TPSA) is 120 Å². The Balaban J connectivity index is 1.83. The van der Waals surface area contributed by atoms with Gasteiger partial charge >= 0.3 is 0 Å². The van der Waals surface area contributed by atoms with E-state index in [4.69, 9.17) is 10.5 Å². The molecule has 0 saturated heterocycles. The molecule has 4 aromatic rings. The number of aryl methyl sites for hydroxylation is 2. The van der Waals surface area contributed by atoms with Gasteiger partial charge < -0.3 is 10.5 Å². The molecule has 2 aromatic heterocycles. The summed E-state index contributed by atoms with van der Waals surface area (Å²) in [7, 11) is -3.44. The Hall–Kier alpha value is -3.72. The number of rotatable bonds is 8. The molecule has 0 aliphatic heterocycles. The maximum Gasteiger partial charge on any atom is 0.232 e. The van der Waals surface area contributed by atoms with E-state index in [2.05, 4.69) is 19.7 Å².